The van der Waals surface area contributed by atoms with Gasteiger partial charge in [0, 0.05) is 0 Å². The van der Waals surface area contributed by atoms with Crippen LogP contribution in [0.1, 0.15) is 12.0 Å². The fourth-order valence-corrected chi connectivity index (χ4v) is 1.38. The molecular weight excluding hydrogens is 183 g/mol. The van der Waals surface area contributed by atoms with E-state index in [-0.39, 0.29) is 0 Å². The van der Waals surface area contributed by atoms with Crippen LogP contribution in [0.4, 0.5) is 0 Å². The normalized spacial score (nSPS) is 9.70. The van der Waals surface area contributed by atoms with Gasteiger partial charge in [0.2, 0.25) is 0 Å². The van der Waals surface area contributed by atoms with Gasteiger partial charge in [-0.1, -0.05) is 0 Å². The second kappa shape index (κ2) is 4.57. The molecule has 0 fully saturated rings. The molecule has 0 aliphatic carbocycles. The van der Waals surface area contributed by atoms with Crippen LogP contribution in [-0.2, 0) is 6.42 Å². The summed E-state index contributed by atoms with van der Waals surface area (Å²) >= 11 is 1.83. The fourth-order valence-electron chi connectivity index (χ4n) is 0.951. The molecule has 10 heavy (non-hydrogen) atoms. The van der Waals surface area contributed by atoms with Gasteiger partial charge in [0.25, 0.3) is 0 Å². The molecule has 0 N–H and O–H groups in total. The Morgan fingerprint density at radius 2 is 1.80 bits per heavy atom. The topological polar surface area (TPSA) is 0 Å². The van der Waals surface area contributed by atoms with Crippen molar-refractivity contribution in [1.29, 1.82) is 0 Å². The van der Waals surface area contributed by atoms with Crippen LogP contribution in [0.25, 0.3) is 0 Å². The van der Waals surface area contributed by atoms with Crippen molar-refractivity contribution in [2.45, 2.75) is 18.1 Å². The maximum atomic E-state index is 2.20. The molecular formula is C9H13As. The summed E-state index contributed by atoms with van der Waals surface area (Å²) in [4.78, 5) is 0. The van der Waals surface area contributed by atoms with Gasteiger partial charge >= 0.3 is 70.8 Å². The van der Waals surface area contributed by atoms with Crippen LogP contribution in [0.5, 0.6) is 0 Å². The van der Waals surface area contributed by atoms with E-state index in [1.807, 2.05) is 16.9 Å². The Labute approximate surface area is 71.1 Å². The summed E-state index contributed by atoms with van der Waals surface area (Å²) in [6, 6.07) is 10.7. The molecule has 0 saturated heterocycles. The number of rotatable bonds is 3. The van der Waals surface area contributed by atoms with Crippen LogP contribution >= 0.6 is 0 Å². The zero-order valence-electron chi connectivity index (χ0n) is 6.09. The Hall–Kier alpha value is -0.222. The third-order valence-electron chi connectivity index (χ3n) is 1.51. The van der Waals surface area contributed by atoms with Crippen LogP contribution in [0.3, 0.4) is 0 Å². The van der Waals surface area contributed by atoms with Crippen molar-refractivity contribution in [1.82, 2.24) is 0 Å². The van der Waals surface area contributed by atoms with E-state index in [0.717, 1.165) is 0 Å². The summed E-state index contributed by atoms with van der Waals surface area (Å²) in [5.74, 6) is 0. The Morgan fingerprint density at radius 1 is 1.10 bits per heavy atom. The predicted molar refractivity (Wildman–Crippen MR) is 48.1 cm³/mol. The molecule has 1 aromatic rings. The van der Waals surface area contributed by atoms with E-state index in [0.29, 0.717) is 0 Å². The molecule has 0 bridgehead atoms. The first kappa shape index (κ1) is 7.88. The number of aryl methyl sites for hydroxylation is 1. The van der Waals surface area contributed by atoms with Gasteiger partial charge in [0.05, 0.1) is 0 Å². The molecule has 1 heteroatoms. The Morgan fingerprint density at radius 3 is 2.40 bits per heavy atom. The molecule has 1 aromatic carbocycles. The van der Waals surface area contributed by atoms with Gasteiger partial charge in [-0.15, -0.1) is 0 Å². The summed E-state index contributed by atoms with van der Waals surface area (Å²) in [6.07, 6.45) is 2.59. The molecule has 0 nitrogen and oxygen atoms in total. The van der Waals surface area contributed by atoms with Gasteiger partial charge in [-0.25, -0.2) is 0 Å². The van der Waals surface area contributed by atoms with Crippen molar-refractivity contribution >= 4 is 16.9 Å². The maximum absolute atomic E-state index is 2.20. The standard InChI is InChI=1S/C9H13As/c10-8-4-7-9-5-2-1-3-6-9/h1-3,5-6H,4,7-8,10H2. The van der Waals surface area contributed by atoms with E-state index >= 15 is 0 Å². The number of hydrogen-bond acceptors (Lipinski definition) is 0. The molecule has 54 valence electrons. The van der Waals surface area contributed by atoms with Crippen LogP contribution < -0.4 is 0 Å². The van der Waals surface area contributed by atoms with E-state index in [4.69, 9.17) is 0 Å². The minimum absolute atomic E-state index is 1.25. The third-order valence-corrected chi connectivity index (χ3v) is 2.37. The summed E-state index contributed by atoms with van der Waals surface area (Å²) < 4.78 is 0. The SMILES string of the molecule is [AsH2]CCCc1ccccc1. The Bertz CT molecular complexity index is 169. The summed E-state index contributed by atoms with van der Waals surface area (Å²) in [5, 5.41) is 1.35. The number of benzene rings is 1. The predicted octanol–water partition coefficient (Wildman–Crippen LogP) is 1.67. The zero-order chi connectivity index (χ0) is 7.23. The fraction of sp³-hybridized carbons (Fsp3) is 0.333. The van der Waals surface area contributed by atoms with Gasteiger partial charge in [0.1, 0.15) is 0 Å². The molecule has 0 aromatic heterocycles. The van der Waals surface area contributed by atoms with E-state index in [9.17, 15) is 0 Å². The molecule has 0 spiro atoms. The van der Waals surface area contributed by atoms with Crippen LogP contribution in [0, 0.1) is 0 Å². The van der Waals surface area contributed by atoms with Crippen LogP contribution in [0.15, 0.2) is 30.3 Å². The average Bonchev–Trinajstić information content (AvgIpc) is 2.03. The number of hydrogen-bond donors (Lipinski definition) is 0. The van der Waals surface area contributed by atoms with Gasteiger partial charge in [-0.2, -0.15) is 0 Å². The summed E-state index contributed by atoms with van der Waals surface area (Å²) in [6.45, 7) is 0. The first-order valence-corrected chi connectivity index (χ1v) is 5.39. The van der Waals surface area contributed by atoms with Crippen molar-refractivity contribution in [3.8, 4) is 0 Å². The van der Waals surface area contributed by atoms with Crippen molar-refractivity contribution < 1.29 is 0 Å². The average molecular weight is 196 g/mol. The first-order chi connectivity index (χ1) is 4.93. The molecule has 0 aliphatic heterocycles. The van der Waals surface area contributed by atoms with Crippen molar-refractivity contribution in [3.05, 3.63) is 35.9 Å². The second-order valence-corrected chi connectivity index (χ2v) is 3.59. The van der Waals surface area contributed by atoms with Gasteiger partial charge < -0.3 is 0 Å². The van der Waals surface area contributed by atoms with Crippen LogP contribution in [-0.4, -0.2) is 16.9 Å². The molecule has 0 radical (unpaired) electrons. The molecule has 1 unspecified atom stereocenters. The van der Waals surface area contributed by atoms with Gasteiger partial charge in [-0.3, -0.25) is 0 Å². The summed E-state index contributed by atoms with van der Waals surface area (Å²) in [5.41, 5.74) is 1.47. The third kappa shape index (κ3) is 2.58. The Kier molecular flexibility index (Phi) is 3.60. The Balaban J connectivity index is 2.43. The quantitative estimate of drug-likeness (QED) is 0.645. The van der Waals surface area contributed by atoms with Crippen LogP contribution in [0.2, 0.25) is 5.21 Å². The second-order valence-electron chi connectivity index (χ2n) is 2.38. The van der Waals surface area contributed by atoms with Crippen molar-refractivity contribution in [2.75, 3.05) is 0 Å². The molecule has 0 saturated carbocycles. The monoisotopic (exact) mass is 196 g/mol. The van der Waals surface area contributed by atoms with Crippen molar-refractivity contribution in [2.24, 2.45) is 0 Å². The van der Waals surface area contributed by atoms with E-state index in [2.05, 4.69) is 30.3 Å². The van der Waals surface area contributed by atoms with E-state index < -0.39 is 0 Å². The summed E-state index contributed by atoms with van der Waals surface area (Å²) in [7, 11) is 0. The molecule has 0 aliphatic rings. The molecule has 1 atom stereocenters. The zero-order valence-corrected chi connectivity index (χ0v) is 8.51. The molecule has 0 heterocycles. The first-order valence-electron chi connectivity index (χ1n) is 3.67. The molecule has 1 rings (SSSR count). The van der Waals surface area contributed by atoms with E-state index in [1.54, 1.807) is 0 Å². The van der Waals surface area contributed by atoms with E-state index in [1.165, 1.54) is 23.6 Å². The molecule has 0 amide bonds. The van der Waals surface area contributed by atoms with Crippen molar-refractivity contribution in [3.63, 3.8) is 0 Å². The minimum atomic E-state index is 1.25. The van der Waals surface area contributed by atoms with Gasteiger partial charge in [0.15, 0.2) is 0 Å². The van der Waals surface area contributed by atoms with Gasteiger partial charge in [-0.05, 0) is 0 Å².